The van der Waals surface area contributed by atoms with Crippen LogP contribution in [-0.2, 0) is 9.53 Å². The molecule has 0 aromatic rings. The highest BCUT2D eigenvalue weighted by atomic mass is 16.5. The summed E-state index contributed by atoms with van der Waals surface area (Å²) in [6.07, 6.45) is 9.89. The second kappa shape index (κ2) is 9.20. The minimum absolute atomic E-state index is 0.239. The van der Waals surface area contributed by atoms with Crippen molar-refractivity contribution in [3.05, 3.63) is 23.3 Å². The van der Waals surface area contributed by atoms with Crippen LogP contribution in [0.3, 0.4) is 0 Å². The molecule has 0 saturated carbocycles. The second-order valence-corrected chi connectivity index (χ2v) is 4.12. The van der Waals surface area contributed by atoms with E-state index in [1.54, 1.807) is 6.92 Å². The lowest BCUT2D eigenvalue weighted by Crippen LogP contribution is -2.00. The average molecular weight is 224 g/mol. The van der Waals surface area contributed by atoms with Crippen molar-refractivity contribution in [2.75, 3.05) is 7.11 Å². The Balaban J connectivity index is 3.93. The van der Waals surface area contributed by atoms with E-state index in [0.29, 0.717) is 5.57 Å². The molecule has 92 valence electrons. The van der Waals surface area contributed by atoms with Crippen molar-refractivity contribution in [1.82, 2.24) is 0 Å². The first-order chi connectivity index (χ1) is 7.61. The van der Waals surface area contributed by atoms with Crippen LogP contribution in [0.5, 0.6) is 0 Å². The van der Waals surface area contributed by atoms with Gasteiger partial charge in [-0.25, -0.2) is 4.79 Å². The van der Waals surface area contributed by atoms with Gasteiger partial charge in [0, 0.05) is 5.57 Å². The Bertz CT molecular complexity index is 262. The Kier molecular flexibility index (Phi) is 8.59. The zero-order valence-electron chi connectivity index (χ0n) is 11.0. The van der Waals surface area contributed by atoms with Crippen LogP contribution in [0, 0.1) is 0 Å². The van der Waals surface area contributed by atoms with Gasteiger partial charge in [-0.1, -0.05) is 37.5 Å². The standard InChI is InChI=1S/C14H24O2/c1-5-6-7-9-12(2)10-8-11-13(3)14(15)16-4/h10-11H,5-9H2,1-4H3. The molecule has 0 aromatic heterocycles. The predicted octanol–water partition coefficient (Wildman–Crippen LogP) is 4.02. The summed E-state index contributed by atoms with van der Waals surface area (Å²) in [7, 11) is 1.41. The molecule has 0 unspecified atom stereocenters. The van der Waals surface area contributed by atoms with Crippen LogP contribution in [0.4, 0.5) is 0 Å². The summed E-state index contributed by atoms with van der Waals surface area (Å²) in [5.41, 5.74) is 2.09. The molecule has 0 aliphatic heterocycles. The van der Waals surface area contributed by atoms with Crippen molar-refractivity contribution in [3.8, 4) is 0 Å². The largest absolute Gasteiger partial charge is 0.466 e. The van der Waals surface area contributed by atoms with Gasteiger partial charge in [-0.2, -0.15) is 0 Å². The van der Waals surface area contributed by atoms with Crippen molar-refractivity contribution in [3.63, 3.8) is 0 Å². The fraction of sp³-hybridized carbons (Fsp3) is 0.643. The van der Waals surface area contributed by atoms with E-state index in [2.05, 4.69) is 24.7 Å². The Hall–Kier alpha value is -1.05. The first-order valence-electron chi connectivity index (χ1n) is 6.02. The quantitative estimate of drug-likeness (QED) is 0.282. The van der Waals surface area contributed by atoms with Gasteiger partial charge in [-0.3, -0.25) is 0 Å². The van der Waals surface area contributed by atoms with E-state index in [1.165, 1.54) is 38.4 Å². The van der Waals surface area contributed by atoms with Crippen LogP contribution >= 0.6 is 0 Å². The zero-order valence-corrected chi connectivity index (χ0v) is 11.0. The summed E-state index contributed by atoms with van der Waals surface area (Å²) >= 11 is 0. The Labute approximate surface area is 99.4 Å². The van der Waals surface area contributed by atoms with E-state index < -0.39 is 0 Å². The molecule has 0 rings (SSSR count). The number of methoxy groups -OCH3 is 1. The molecular weight excluding hydrogens is 200 g/mol. The third-order valence-corrected chi connectivity index (χ3v) is 2.57. The first kappa shape index (κ1) is 14.9. The van der Waals surface area contributed by atoms with Crippen LogP contribution in [0.15, 0.2) is 23.3 Å². The topological polar surface area (TPSA) is 26.3 Å². The molecule has 0 fully saturated rings. The normalized spacial score (nSPS) is 12.8. The molecule has 0 aliphatic rings. The maximum Gasteiger partial charge on any atom is 0.333 e. The zero-order chi connectivity index (χ0) is 12.4. The smallest absolute Gasteiger partial charge is 0.333 e. The molecule has 0 aromatic carbocycles. The minimum Gasteiger partial charge on any atom is -0.466 e. The van der Waals surface area contributed by atoms with Gasteiger partial charge in [0.2, 0.25) is 0 Å². The van der Waals surface area contributed by atoms with Gasteiger partial charge in [0.25, 0.3) is 0 Å². The molecule has 0 spiro atoms. The average Bonchev–Trinajstić information content (AvgIpc) is 2.28. The van der Waals surface area contributed by atoms with Crippen LogP contribution < -0.4 is 0 Å². The third kappa shape index (κ3) is 7.27. The third-order valence-electron chi connectivity index (χ3n) is 2.57. The molecule has 0 bridgehead atoms. The summed E-state index contributed by atoms with van der Waals surface area (Å²) in [5.74, 6) is -0.239. The summed E-state index contributed by atoms with van der Waals surface area (Å²) in [6.45, 7) is 6.14. The Morgan fingerprint density at radius 2 is 1.88 bits per heavy atom. The Morgan fingerprint density at radius 1 is 1.19 bits per heavy atom. The highest BCUT2D eigenvalue weighted by Crippen LogP contribution is 2.09. The monoisotopic (exact) mass is 224 g/mol. The van der Waals surface area contributed by atoms with E-state index in [9.17, 15) is 4.79 Å². The van der Waals surface area contributed by atoms with Gasteiger partial charge < -0.3 is 4.74 Å². The highest BCUT2D eigenvalue weighted by molar-refractivity contribution is 5.87. The number of ether oxygens (including phenoxy) is 1. The van der Waals surface area contributed by atoms with Crippen LogP contribution in [0.1, 0.15) is 52.9 Å². The number of hydrogen-bond acceptors (Lipinski definition) is 2. The molecule has 0 heterocycles. The molecule has 0 saturated heterocycles. The van der Waals surface area contributed by atoms with Crippen molar-refractivity contribution in [2.45, 2.75) is 52.9 Å². The molecule has 2 heteroatoms. The van der Waals surface area contributed by atoms with Crippen molar-refractivity contribution < 1.29 is 9.53 Å². The van der Waals surface area contributed by atoms with Gasteiger partial charge in [0.15, 0.2) is 0 Å². The van der Waals surface area contributed by atoms with Gasteiger partial charge in [0.1, 0.15) is 0 Å². The van der Waals surface area contributed by atoms with Crippen LogP contribution in [0.2, 0.25) is 0 Å². The van der Waals surface area contributed by atoms with E-state index >= 15 is 0 Å². The lowest BCUT2D eigenvalue weighted by molar-refractivity contribution is -0.136. The van der Waals surface area contributed by atoms with Gasteiger partial charge in [0.05, 0.1) is 7.11 Å². The maximum absolute atomic E-state index is 11.1. The Morgan fingerprint density at radius 3 is 2.44 bits per heavy atom. The van der Waals surface area contributed by atoms with Crippen molar-refractivity contribution >= 4 is 5.97 Å². The molecule has 0 radical (unpaired) electrons. The number of hydrogen-bond donors (Lipinski definition) is 0. The molecule has 0 aliphatic carbocycles. The number of rotatable bonds is 7. The minimum atomic E-state index is -0.239. The molecule has 0 N–H and O–H groups in total. The summed E-state index contributed by atoms with van der Waals surface area (Å²) < 4.78 is 4.62. The van der Waals surface area contributed by atoms with Gasteiger partial charge in [-0.05, 0) is 33.1 Å². The number of unbranched alkanes of at least 4 members (excludes halogenated alkanes) is 2. The van der Waals surface area contributed by atoms with E-state index in [0.717, 1.165) is 6.42 Å². The predicted molar refractivity (Wildman–Crippen MR) is 68.3 cm³/mol. The number of esters is 1. The molecule has 0 amide bonds. The molecular formula is C14H24O2. The van der Waals surface area contributed by atoms with Crippen LogP contribution in [0.25, 0.3) is 0 Å². The van der Waals surface area contributed by atoms with E-state index in [4.69, 9.17) is 0 Å². The maximum atomic E-state index is 11.1. The lowest BCUT2D eigenvalue weighted by atomic mass is 10.1. The summed E-state index contributed by atoms with van der Waals surface area (Å²) in [5, 5.41) is 0. The van der Waals surface area contributed by atoms with Gasteiger partial charge >= 0.3 is 5.97 Å². The molecule has 0 atom stereocenters. The van der Waals surface area contributed by atoms with E-state index in [-0.39, 0.29) is 5.97 Å². The summed E-state index contributed by atoms with van der Waals surface area (Å²) in [4.78, 5) is 11.1. The first-order valence-corrected chi connectivity index (χ1v) is 6.02. The van der Waals surface area contributed by atoms with E-state index in [1.807, 2.05) is 6.08 Å². The lowest BCUT2D eigenvalue weighted by Gasteiger charge is -2.00. The fourth-order valence-corrected chi connectivity index (χ4v) is 1.44. The SMILES string of the molecule is CCCCCC(C)=CCC=C(C)C(=O)OC. The molecule has 2 nitrogen and oxygen atoms in total. The highest BCUT2D eigenvalue weighted by Gasteiger charge is 2.00. The van der Waals surface area contributed by atoms with Crippen molar-refractivity contribution in [2.24, 2.45) is 0 Å². The number of carbonyl (C=O) groups is 1. The number of carbonyl (C=O) groups excluding carboxylic acids is 1. The van der Waals surface area contributed by atoms with Gasteiger partial charge in [-0.15, -0.1) is 0 Å². The summed E-state index contributed by atoms with van der Waals surface area (Å²) in [6, 6.07) is 0. The second-order valence-electron chi connectivity index (χ2n) is 4.12. The van der Waals surface area contributed by atoms with Crippen LogP contribution in [-0.4, -0.2) is 13.1 Å². The van der Waals surface area contributed by atoms with Crippen molar-refractivity contribution in [1.29, 1.82) is 0 Å². The molecule has 16 heavy (non-hydrogen) atoms. The fourth-order valence-electron chi connectivity index (χ4n) is 1.44. The number of allylic oxidation sites excluding steroid dienone is 3.